The van der Waals surface area contributed by atoms with E-state index in [0.717, 1.165) is 11.5 Å². The SMILES string of the molecule is C#Cc1ccccc1.C=Cc1ccccc1.CC(C)CC(C)(C)C.COC(C)=O.COC=O.Cc1ccccc1.O=[N+]([O-])c1ccccc1.c1ccc(-c2ccccc2)cc1. The highest BCUT2D eigenvalue weighted by Gasteiger charge is 2.11. The Bertz CT molecular complexity index is 1940. The number of nitro groups is 1. The zero-order chi connectivity index (χ0) is 46.2. The van der Waals surface area contributed by atoms with Crippen molar-refractivity contribution in [1.29, 1.82) is 0 Å². The molecule has 6 aromatic carbocycles. The van der Waals surface area contributed by atoms with Crippen molar-refractivity contribution in [2.45, 2.75) is 54.9 Å². The number of esters is 1. The van der Waals surface area contributed by atoms with Gasteiger partial charge in [0.25, 0.3) is 12.2 Å². The molecule has 0 heterocycles. The largest absolute Gasteiger partial charge is 0.471 e. The molecule has 7 nitrogen and oxygen atoms in total. The smallest absolute Gasteiger partial charge is 0.302 e. The Hall–Kier alpha value is -7.04. The molecule has 6 aromatic rings. The van der Waals surface area contributed by atoms with E-state index in [-0.39, 0.29) is 11.7 Å². The van der Waals surface area contributed by atoms with E-state index >= 15 is 0 Å². The number of hydrogen-bond acceptors (Lipinski definition) is 6. The molecule has 0 aliphatic rings. The van der Waals surface area contributed by atoms with Gasteiger partial charge in [-0.15, -0.1) is 6.42 Å². The zero-order valence-corrected chi connectivity index (χ0v) is 37.4. The van der Waals surface area contributed by atoms with Crippen LogP contribution in [0, 0.1) is 40.7 Å². The number of nitro benzene ring substituents is 1. The van der Waals surface area contributed by atoms with Gasteiger partial charge in [0.1, 0.15) is 0 Å². The van der Waals surface area contributed by atoms with Gasteiger partial charge in [0, 0.05) is 24.6 Å². The van der Waals surface area contributed by atoms with Crippen molar-refractivity contribution in [3.8, 4) is 23.5 Å². The van der Waals surface area contributed by atoms with Gasteiger partial charge >= 0.3 is 5.97 Å². The van der Waals surface area contributed by atoms with Gasteiger partial charge in [0.2, 0.25) is 0 Å². The lowest BCUT2D eigenvalue weighted by Crippen LogP contribution is -2.08. The first-order valence-corrected chi connectivity index (χ1v) is 19.7. The maximum absolute atomic E-state index is 10.0. The maximum Gasteiger partial charge on any atom is 0.302 e. The summed E-state index contributed by atoms with van der Waals surface area (Å²) in [5.74, 6) is 3.12. The number of terminal acetylenes is 1. The van der Waals surface area contributed by atoms with Crippen molar-refractivity contribution >= 4 is 24.2 Å². The first kappa shape index (κ1) is 56.1. The lowest BCUT2D eigenvalue weighted by molar-refractivity contribution is -0.384. The van der Waals surface area contributed by atoms with Crippen LogP contribution in [0.15, 0.2) is 189 Å². The number of nitrogens with zero attached hydrogens (tertiary/aromatic N) is 1. The van der Waals surface area contributed by atoms with Gasteiger partial charge in [-0.25, -0.2) is 0 Å². The molecule has 322 valence electrons. The topological polar surface area (TPSA) is 95.7 Å². The van der Waals surface area contributed by atoms with Crippen LogP contribution in [0.4, 0.5) is 5.69 Å². The van der Waals surface area contributed by atoms with E-state index in [1.54, 1.807) is 18.2 Å². The van der Waals surface area contributed by atoms with Crippen LogP contribution in [0.5, 0.6) is 0 Å². The molecule has 0 aliphatic carbocycles. The van der Waals surface area contributed by atoms with Gasteiger partial charge in [-0.05, 0) is 53.5 Å². The number of carbonyl (C=O) groups is 2. The van der Waals surface area contributed by atoms with Crippen molar-refractivity contribution in [3.63, 3.8) is 0 Å². The molecule has 0 saturated heterocycles. The lowest BCUT2D eigenvalue weighted by Gasteiger charge is -2.19. The van der Waals surface area contributed by atoms with Crippen molar-refractivity contribution in [3.05, 3.63) is 215 Å². The molecule has 0 radical (unpaired) electrons. The van der Waals surface area contributed by atoms with Gasteiger partial charge in [-0.3, -0.25) is 19.7 Å². The molecule has 0 amide bonds. The molecule has 0 aromatic heterocycles. The summed E-state index contributed by atoms with van der Waals surface area (Å²) in [6.45, 7) is 18.8. The van der Waals surface area contributed by atoms with Crippen LogP contribution in [-0.4, -0.2) is 31.6 Å². The number of carbonyl (C=O) groups excluding carboxylic acids is 2. The van der Waals surface area contributed by atoms with Crippen LogP contribution >= 0.6 is 0 Å². The highest BCUT2D eigenvalue weighted by molar-refractivity contribution is 5.65. The van der Waals surface area contributed by atoms with Crippen LogP contribution in [0.2, 0.25) is 0 Å². The van der Waals surface area contributed by atoms with E-state index in [4.69, 9.17) is 11.2 Å². The van der Waals surface area contributed by atoms with Gasteiger partial charge in [0.05, 0.1) is 19.1 Å². The number of methoxy groups -OCH3 is 2. The Morgan fingerprint density at radius 2 is 1.03 bits per heavy atom. The quantitative estimate of drug-likeness (QED) is 0.0565. The molecule has 6 rings (SSSR count). The standard InChI is InChI=1S/C12H10.C8H8.C8H6.C8H18.C7H8.C6H5NO2.C3H6O2.C2H4O2/c1-3-7-11(8-4-1)12-9-5-2-6-10-12;2*1-2-8-6-4-3-5-7-8;1-7(2)6-8(3,4)5;1-7-5-3-2-4-6-7;8-7(9)6-4-2-1-3-5-6;1-3(4)5-2;1-4-2-3/h1-10H;2-7H,1H2;1,3-7H;7H,6H2,1-5H3;2-6H,1H3;1-5H;1-2H3;2H,1H3. The van der Waals surface area contributed by atoms with E-state index in [1.807, 2.05) is 97.1 Å². The fourth-order valence-corrected chi connectivity index (χ4v) is 4.69. The molecule has 0 N–H and O–H groups in total. The van der Waals surface area contributed by atoms with Gasteiger partial charge in [-0.2, -0.15) is 0 Å². The van der Waals surface area contributed by atoms with Crippen molar-refractivity contribution in [2.24, 2.45) is 11.3 Å². The first-order valence-electron chi connectivity index (χ1n) is 19.7. The monoisotopic (exact) mass is 823 g/mol. The van der Waals surface area contributed by atoms with E-state index < -0.39 is 4.92 Å². The zero-order valence-electron chi connectivity index (χ0n) is 37.4. The predicted molar refractivity (Wildman–Crippen MR) is 257 cm³/mol. The highest BCUT2D eigenvalue weighted by atomic mass is 16.6. The van der Waals surface area contributed by atoms with E-state index in [2.05, 4.69) is 124 Å². The molecular weight excluding hydrogens is 759 g/mol. The molecule has 0 fully saturated rings. The van der Waals surface area contributed by atoms with E-state index in [0.29, 0.717) is 11.9 Å². The minimum atomic E-state index is -0.417. The second-order valence-electron chi connectivity index (χ2n) is 14.3. The summed E-state index contributed by atoms with van der Waals surface area (Å²) < 4.78 is 7.97. The molecule has 7 heteroatoms. The fraction of sp³-hybridized carbons (Fsp3) is 0.222. The number of aryl methyl sites for hydroxylation is 1. The van der Waals surface area contributed by atoms with Gasteiger partial charge in [0.15, 0.2) is 0 Å². The normalized spacial score (nSPS) is 8.93. The number of para-hydroxylation sites is 1. The first-order chi connectivity index (χ1) is 29.1. The average molecular weight is 824 g/mol. The molecule has 0 bridgehead atoms. The molecule has 0 aliphatic heterocycles. The van der Waals surface area contributed by atoms with Crippen LogP contribution < -0.4 is 0 Å². The van der Waals surface area contributed by atoms with Gasteiger partial charge < -0.3 is 9.47 Å². The van der Waals surface area contributed by atoms with Crippen molar-refractivity contribution in [1.82, 2.24) is 0 Å². The summed E-state index contributed by atoms with van der Waals surface area (Å²) in [5, 5.41) is 10.0. The van der Waals surface area contributed by atoms with Crippen LogP contribution in [0.1, 0.15) is 64.7 Å². The summed E-state index contributed by atoms with van der Waals surface area (Å²) in [6.07, 6.45) is 8.26. The highest BCUT2D eigenvalue weighted by Crippen LogP contribution is 2.23. The summed E-state index contributed by atoms with van der Waals surface area (Å²) in [6, 6.07) is 58.6. The van der Waals surface area contributed by atoms with Crippen LogP contribution in [-0.2, 0) is 19.1 Å². The number of rotatable bonds is 5. The van der Waals surface area contributed by atoms with Crippen molar-refractivity contribution < 1.29 is 24.0 Å². The molecule has 0 saturated carbocycles. The van der Waals surface area contributed by atoms with Gasteiger partial charge in [-0.1, -0.05) is 216 Å². The molecule has 61 heavy (non-hydrogen) atoms. The van der Waals surface area contributed by atoms with Crippen LogP contribution in [0.25, 0.3) is 17.2 Å². The molecule has 0 atom stereocenters. The van der Waals surface area contributed by atoms with E-state index in [9.17, 15) is 14.9 Å². The minimum absolute atomic E-state index is 0.137. The number of non-ortho nitro benzene ring substituents is 1. The number of benzene rings is 6. The number of ether oxygens (including phenoxy) is 2. The molecule has 0 spiro atoms. The summed E-state index contributed by atoms with van der Waals surface area (Å²) in [5.41, 5.74) is 6.64. The summed E-state index contributed by atoms with van der Waals surface area (Å²) in [4.78, 5) is 28.1. The Labute approximate surface area is 366 Å². The predicted octanol–water partition coefficient (Wildman–Crippen LogP) is 14.0. The Morgan fingerprint density at radius 1 is 0.705 bits per heavy atom. The average Bonchev–Trinajstić information content (AvgIpc) is 3.28. The maximum atomic E-state index is 10.0. The fourth-order valence-electron chi connectivity index (χ4n) is 4.69. The summed E-state index contributed by atoms with van der Waals surface area (Å²) >= 11 is 0. The number of hydrogen-bond donors (Lipinski definition) is 0. The molecule has 0 unspecified atom stereocenters. The van der Waals surface area contributed by atoms with Crippen molar-refractivity contribution in [2.75, 3.05) is 14.2 Å². The second-order valence-corrected chi connectivity index (χ2v) is 14.3. The third kappa shape index (κ3) is 37.0. The third-order valence-corrected chi connectivity index (χ3v) is 7.17. The Morgan fingerprint density at radius 3 is 1.21 bits per heavy atom. The molecular formula is C54H65NO6. The summed E-state index contributed by atoms with van der Waals surface area (Å²) in [7, 11) is 2.66. The van der Waals surface area contributed by atoms with Crippen LogP contribution in [0.3, 0.4) is 0 Å². The lowest BCUT2D eigenvalue weighted by atomic mass is 9.86. The third-order valence-electron chi connectivity index (χ3n) is 7.17. The Balaban J connectivity index is 0. The van der Waals surface area contributed by atoms with E-state index in [1.165, 1.54) is 62.0 Å². The Kier molecular flexibility index (Phi) is 34.2. The minimum Gasteiger partial charge on any atom is -0.471 e. The second kappa shape index (κ2) is 37.2.